The maximum absolute atomic E-state index is 13.3. The van der Waals surface area contributed by atoms with Gasteiger partial charge in [0.15, 0.2) is 0 Å². The summed E-state index contributed by atoms with van der Waals surface area (Å²) in [6.07, 6.45) is 5.22. The van der Waals surface area contributed by atoms with Gasteiger partial charge in [-0.15, -0.1) is 11.3 Å². The number of esters is 1. The molecule has 2 aliphatic rings. The van der Waals surface area contributed by atoms with E-state index in [1.165, 1.54) is 0 Å². The van der Waals surface area contributed by atoms with E-state index < -0.39 is 35.6 Å². The molecule has 1 aromatic rings. The molecule has 2 N–H and O–H groups in total. The van der Waals surface area contributed by atoms with Crippen molar-refractivity contribution >= 4 is 29.2 Å². The Bertz CT molecular complexity index is 969. The molecule has 1 saturated heterocycles. The second-order valence-electron chi connectivity index (χ2n) is 12.2. The number of aryl methyl sites for hydroxylation is 1. The number of aromatic nitrogens is 1. The van der Waals surface area contributed by atoms with E-state index in [-0.39, 0.29) is 23.5 Å². The van der Waals surface area contributed by atoms with Crippen molar-refractivity contribution in [2.45, 2.75) is 112 Å². The number of Topliss-reactive ketones (excluding diaryl/α,β-unsaturated/α-hetero) is 1. The molecule has 3 rings (SSSR count). The first kappa shape index (κ1) is 29.0. The van der Waals surface area contributed by atoms with E-state index in [0.717, 1.165) is 54.8 Å². The van der Waals surface area contributed by atoms with E-state index in [1.807, 2.05) is 32.2 Å². The van der Waals surface area contributed by atoms with Gasteiger partial charge >= 0.3 is 5.97 Å². The van der Waals surface area contributed by atoms with Crippen LogP contribution in [0.15, 0.2) is 11.0 Å². The molecule has 0 radical (unpaired) electrons. The first-order valence-electron chi connectivity index (χ1n) is 13.4. The fraction of sp³-hybridized carbons (Fsp3) is 0.759. The summed E-state index contributed by atoms with van der Waals surface area (Å²) in [7, 11) is 0. The van der Waals surface area contributed by atoms with Crippen LogP contribution in [0.2, 0.25) is 0 Å². The Balaban J connectivity index is 1.89. The number of thiazole rings is 1. The van der Waals surface area contributed by atoms with Crippen molar-refractivity contribution < 1.29 is 24.5 Å². The van der Waals surface area contributed by atoms with Gasteiger partial charge in [-0.2, -0.15) is 0 Å². The molecular formula is C29H45NO5S. The predicted molar refractivity (Wildman–Crippen MR) is 143 cm³/mol. The Morgan fingerprint density at radius 3 is 2.44 bits per heavy atom. The fourth-order valence-electron chi connectivity index (χ4n) is 5.95. The summed E-state index contributed by atoms with van der Waals surface area (Å²) in [5.74, 6) is -0.945. The van der Waals surface area contributed by atoms with Crippen LogP contribution in [0.5, 0.6) is 0 Å². The van der Waals surface area contributed by atoms with Gasteiger partial charge in [-0.3, -0.25) is 9.59 Å². The van der Waals surface area contributed by atoms with E-state index in [0.29, 0.717) is 5.92 Å². The molecule has 1 saturated carbocycles. The lowest BCUT2D eigenvalue weighted by molar-refractivity contribution is -0.156. The summed E-state index contributed by atoms with van der Waals surface area (Å²) in [6.45, 7) is 13.3. The number of aliphatic hydroxyl groups excluding tert-OH is 2. The zero-order valence-electron chi connectivity index (χ0n) is 23.0. The number of aliphatic hydroxyl groups is 2. The number of hydrogen-bond acceptors (Lipinski definition) is 7. The molecule has 0 bridgehead atoms. The van der Waals surface area contributed by atoms with Gasteiger partial charge in [0, 0.05) is 11.3 Å². The molecule has 7 heteroatoms. The van der Waals surface area contributed by atoms with Crippen LogP contribution in [0.3, 0.4) is 0 Å². The third-order valence-electron chi connectivity index (χ3n) is 9.09. The lowest BCUT2D eigenvalue weighted by Gasteiger charge is -2.49. The predicted octanol–water partition coefficient (Wildman–Crippen LogP) is 5.74. The smallest absolute Gasteiger partial charge is 0.309 e. The van der Waals surface area contributed by atoms with Gasteiger partial charge in [0.05, 0.1) is 34.7 Å². The van der Waals surface area contributed by atoms with Gasteiger partial charge < -0.3 is 14.9 Å². The van der Waals surface area contributed by atoms with Crippen molar-refractivity contribution in [2.75, 3.05) is 0 Å². The number of cyclic esters (lactones) is 1. The topological polar surface area (TPSA) is 96.7 Å². The summed E-state index contributed by atoms with van der Waals surface area (Å²) in [5, 5.41) is 24.8. The van der Waals surface area contributed by atoms with E-state index in [1.54, 1.807) is 32.1 Å². The lowest BCUT2D eigenvalue weighted by atomic mass is 9.57. The van der Waals surface area contributed by atoms with Crippen LogP contribution in [0.4, 0.5) is 0 Å². The molecule has 1 aliphatic heterocycles. The average molecular weight is 520 g/mol. The highest BCUT2D eigenvalue weighted by molar-refractivity contribution is 7.09. The molecule has 0 unspecified atom stereocenters. The standard InChI is InChI=1S/C29H45NO5S/c1-17-9-8-11-29(7)12-10-21(29)14-23(18(2)13-22-16-36-20(4)30-22)35-25(32)15-24(31)28(5,6)27(34)19(3)26(17)33/h13,16-17,19,21,23-24,26,31,33H,8-12,14-15H2,1-7H3/b18-13+/t17-,19+,21-,23-,24-,26-,29-/m0/s1. The molecule has 1 aromatic heterocycles. The molecule has 1 aliphatic carbocycles. The molecule has 0 amide bonds. The zero-order valence-corrected chi connectivity index (χ0v) is 23.9. The monoisotopic (exact) mass is 519 g/mol. The summed E-state index contributed by atoms with van der Waals surface area (Å²) < 4.78 is 6.00. The third kappa shape index (κ3) is 6.46. The second-order valence-corrected chi connectivity index (χ2v) is 13.3. The minimum Gasteiger partial charge on any atom is -0.458 e. The summed E-state index contributed by atoms with van der Waals surface area (Å²) in [6, 6.07) is 0. The number of ether oxygens (including phenoxy) is 1. The van der Waals surface area contributed by atoms with Crippen molar-refractivity contribution in [3.05, 3.63) is 21.7 Å². The first-order valence-corrected chi connectivity index (χ1v) is 14.3. The number of hydrogen-bond donors (Lipinski definition) is 2. The number of fused-ring (bicyclic) bond motifs is 1. The van der Waals surface area contributed by atoms with Gasteiger partial charge in [-0.05, 0) is 74.9 Å². The first-order chi connectivity index (χ1) is 16.7. The number of ketones is 1. The number of rotatable bonds is 2. The summed E-state index contributed by atoms with van der Waals surface area (Å²) in [4.78, 5) is 30.9. The van der Waals surface area contributed by atoms with E-state index in [9.17, 15) is 19.8 Å². The van der Waals surface area contributed by atoms with Crippen LogP contribution in [0.1, 0.15) is 97.2 Å². The second kappa shape index (κ2) is 11.4. The highest BCUT2D eigenvalue weighted by atomic mass is 32.1. The molecule has 202 valence electrons. The third-order valence-corrected chi connectivity index (χ3v) is 9.88. The number of carbonyl (C=O) groups excluding carboxylic acids is 2. The largest absolute Gasteiger partial charge is 0.458 e. The van der Waals surface area contributed by atoms with Crippen LogP contribution in [-0.4, -0.2) is 45.3 Å². The molecular weight excluding hydrogens is 474 g/mol. The van der Waals surface area contributed by atoms with Gasteiger partial charge in [0.2, 0.25) is 0 Å². The van der Waals surface area contributed by atoms with Crippen molar-refractivity contribution in [2.24, 2.45) is 28.6 Å². The highest BCUT2D eigenvalue weighted by Crippen LogP contribution is 2.53. The average Bonchev–Trinajstić information content (AvgIpc) is 3.22. The minimum absolute atomic E-state index is 0.0172. The maximum atomic E-state index is 13.3. The fourth-order valence-corrected chi connectivity index (χ4v) is 6.52. The van der Waals surface area contributed by atoms with Crippen molar-refractivity contribution in [1.82, 2.24) is 4.98 Å². The Kier molecular flexibility index (Phi) is 9.22. The Labute approximate surface area is 220 Å². The van der Waals surface area contributed by atoms with Crippen LogP contribution < -0.4 is 0 Å². The molecule has 6 nitrogen and oxygen atoms in total. The van der Waals surface area contributed by atoms with Gasteiger partial charge in [-0.25, -0.2) is 4.98 Å². The molecule has 2 heterocycles. The van der Waals surface area contributed by atoms with Gasteiger partial charge in [0.1, 0.15) is 11.9 Å². The van der Waals surface area contributed by atoms with Crippen molar-refractivity contribution in [3.8, 4) is 0 Å². The Morgan fingerprint density at radius 2 is 1.86 bits per heavy atom. The number of nitrogens with zero attached hydrogens (tertiary/aromatic N) is 1. The summed E-state index contributed by atoms with van der Waals surface area (Å²) in [5.41, 5.74) is 0.802. The Hall–Kier alpha value is -1.57. The highest BCUT2D eigenvalue weighted by Gasteiger charge is 2.45. The summed E-state index contributed by atoms with van der Waals surface area (Å²) >= 11 is 1.59. The van der Waals surface area contributed by atoms with Crippen LogP contribution in [-0.2, 0) is 14.3 Å². The molecule has 0 spiro atoms. The van der Waals surface area contributed by atoms with Crippen LogP contribution in [0, 0.1) is 35.5 Å². The SMILES string of the molecule is C/C(=C\c1csc(C)n1)[C@@H]1C[C@@H]2CC[C@]2(C)CCC[C@H](C)[C@H](O)[C@@H](C)C(=O)C(C)(C)[C@@H](O)CC(=O)O1. The maximum Gasteiger partial charge on any atom is 0.309 e. The van der Waals surface area contributed by atoms with Crippen LogP contribution in [0.25, 0.3) is 6.08 Å². The van der Waals surface area contributed by atoms with E-state index in [4.69, 9.17) is 4.74 Å². The van der Waals surface area contributed by atoms with Crippen molar-refractivity contribution in [3.63, 3.8) is 0 Å². The lowest BCUT2D eigenvalue weighted by Crippen LogP contribution is -2.46. The molecule has 2 fully saturated rings. The minimum atomic E-state index is -1.20. The zero-order chi connectivity index (χ0) is 26.8. The Morgan fingerprint density at radius 1 is 1.17 bits per heavy atom. The van der Waals surface area contributed by atoms with Gasteiger partial charge in [-0.1, -0.05) is 41.0 Å². The van der Waals surface area contributed by atoms with E-state index >= 15 is 0 Å². The molecule has 36 heavy (non-hydrogen) atoms. The quantitative estimate of drug-likeness (QED) is 0.484. The number of carbonyl (C=O) groups is 2. The molecule has 0 aromatic carbocycles. The molecule has 7 atom stereocenters. The van der Waals surface area contributed by atoms with Crippen molar-refractivity contribution in [1.29, 1.82) is 0 Å². The van der Waals surface area contributed by atoms with E-state index in [2.05, 4.69) is 11.9 Å². The van der Waals surface area contributed by atoms with Gasteiger partial charge in [0.25, 0.3) is 0 Å². The normalized spacial score (nSPS) is 37.1. The van der Waals surface area contributed by atoms with Crippen LogP contribution >= 0.6 is 11.3 Å².